The number of benzene rings is 2. The summed E-state index contributed by atoms with van der Waals surface area (Å²) in [7, 11) is 4.61. The highest BCUT2D eigenvalue weighted by molar-refractivity contribution is 5.92. The number of unbranched alkanes of at least 4 members (excludes halogenated alkanes) is 2. The minimum atomic E-state index is -0.982. The first-order chi connectivity index (χ1) is 18.8. The van der Waals surface area contributed by atoms with Gasteiger partial charge in [0.1, 0.15) is 24.4 Å². The summed E-state index contributed by atoms with van der Waals surface area (Å²) < 4.78 is 16.6. The van der Waals surface area contributed by atoms with Crippen LogP contribution in [0.25, 0.3) is 0 Å². The van der Waals surface area contributed by atoms with E-state index in [2.05, 4.69) is 0 Å². The summed E-state index contributed by atoms with van der Waals surface area (Å²) in [6, 6.07) is 14.8. The molecule has 0 radical (unpaired) electrons. The molecule has 0 fully saturated rings. The lowest BCUT2D eigenvalue weighted by Crippen LogP contribution is -2.56. The van der Waals surface area contributed by atoms with Crippen molar-refractivity contribution in [3.63, 3.8) is 0 Å². The Morgan fingerprint density at radius 2 is 1.54 bits per heavy atom. The van der Waals surface area contributed by atoms with Gasteiger partial charge in [-0.2, -0.15) is 0 Å². The minimum absolute atomic E-state index is 0.0647. The van der Waals surface area contributed by atoms with Crippen molar-refractivity contribution >= 4 is 17.7 Å². The Morgan fingerprint density at radius 3 is 2.15 bits per heavy atom. The quantitative estimate of drug-likeness (QED) is 0.274. The van der Waals surface area contributed by atoms with Crippen molar-refractivity contribution in [1.82, 2.24) is 9.80 Å². The Labute approximate surface area is 231 Å². The van der Waals surface area contributed by atoms with Gasteiger partial charge in [0.05, 0.1) is 20.3 Å². The summed E-state index contributed by atoms with van der Waals surface area (Å²) >= 11 is 0. The molecule has 10 heteroatoms. The summed E-state index contributed by atoms with van der Waals surface area (Å²) in [5.41, 5.74) is 13.0. The first-order valence-corrected chi connectivity index (χ1v) is 13.1. The largest absolute Gasteiger partial charge is 0.497 e. The van der Waals surface area contributed by atoms with Crippen LogP contribution in [-0.2, 0) is 36.9 Å². The van der Waals surface area contributed by atoms with Crippen molar-refractivity contribution in [2.45, 2.75) is 44.4 Å². The van der Waals surface area contributed by atoms with Gasteiger partial charge in [0.2, 0.25) is 17.7 Å². The molecule has 214 valence electrons. The van der Waals surface area contributed by atoms with E-state index in [4.69, 9.17) is 25.7 Å². The van der Waals surface area contributed by atoms with E-state index in [0.29, 0.717) is 18.9 Å². The lowest BCUT2D eigenvalue weighted by Gasteiger charge is -2.33. The third-order valence-corrected chi connectivity index (χ3v) is 6.48. The molecule has 0 aromatic heterocycles. The molecule has 0 spiro atoms. The third-order valence-electron chi connectivity index (χ3n) is 6.48. The first kappa shape index (κ1) is 31.7. The fourth-order valence-corrected chi connectivity index (χ4v) is 3.97. The SMILES string of the molecule is COc1ccc(C[C@H](C(N)=O)N(C)C(=O)[C@@H](COCc2ccccc2)N(C)C(=O)COCCCCCN)cc1. The fourth-order valence-electron chi connectivity index (χ4n) is 3.97. The van der Waals surface area contributed by atoms with E-state index in [1.165, 1.54) is 23.9 Å². The molecule has 3 amide bonds. The van der Waals surface area contributed by atoms with Crippen LogP contribution in [0.2, 0.25) is 0 Å². The Kier molecular flexibility index (Phi) is 14.0. The van der Waals surface area contributed by atoms with E-state index in [-0.39, 0.29) is 32.1 Å². The summed E-state index contributed by atoms with van der Waals surface area (Å²) in [5.74, 6) is -0.801. The van der Waals surface area contributed by atoms with Crippen molar-refractivity contribution in [2.75, 3.05) is 47.6 Å². The van der Waals surface area contributed by atoms with E-state index in [9.17, 15) is 14.4 Å². The van der Waals surface area contributed by atoms with Crippen LogP contribution < -0.4 is 16.2 Å². The molecule has 0 bridgehead atoms. The highest BCUT2D eigenvalue weighted by Gasteiger charge is 2.34. The monoisotopic (exact) mass is 542 g/mol. The molecule has 39 heavy (non-hydrogen) atoms. The second-order valence-corrected chi connectivity index (χ2v) is 9.34. The number of methoxy groups -OCH3 is 1. The molecular formula is C29H42N4O6. The second-order valence-electron chi connectivity index (χ2n) is 9.34. The van der Waals surface area contributed by atoms with Crippen LogP contribution in [0.5, 0.6) is 5.75 Å². The van der Waals surface area contributed by atoms with Gasteiger partial charge in [-0.15, -0.1) is 0 Å². The van der Waals surface area contributed by atoms with E-state index in [1.807, 2.05) is 42.5 Å². The number of likely N-dealkylation sites (N-methyl/N-ethyl adjacent to an activating group) is 2. The maximum Gasteiger partial charge on any atom is 0.249 e. The Morgan fingerprint density at radius 1 is 0.846 bits per heavy atom. The van der Waals surface area contributed by atoms with Crippen molar-refractivity contribution in [3.8, 4) is 5.75 Å². The van der Waals surface area contributed by atoms with Crippen LogP contribution in [0.4, 0.5) is 0 Å². The molecule has 0 saturated heterocycles. The number of hydrogen-bond acceptors (Lipinski definition) is 7. The normalized spacial score (nSPS) is 12.4. The van der Waals surface area contributed by atoms with E-state index in [1.54, 1.807) is 19.2 Å². The predicted octanol–water partition coefficient (Wildman–Crippen LogP) is 1.74. The lowest BCUT2D eigenvalue weighted by atomic mass is 10.0. The van der Waals surface area contributed by atoms with Crippen LogP contribution in [0.1, 0.15) is 30.4 Å². The van der Waals surface area contributed by atoms with Gasteiger partial charge in [0.25, 0.3) is 0 Å². The molecule has 0 saturated carbocycles. The van der Waals surface area contributed by atoms with Crippen molar-refractivity contribution in [3.05, 3.63) is 65.7 Å². The summed E-state index contributed by atoms with van der Waals surface area (Å²) in [5, 5.41) is 0. The zero-order valence-corrected chi connectivity index (χ0v) is 23.2. The van der Waals surface area contributed by atoms with Crippen LogP contribution in [-0.4, -0.2) is 87.2 Å². The van der Waals surface area contributed by atoms with Crippen molar-refractivity contribution in [1.29, 1.82) is 0 Å². The molecule has 4 N–H and O–H groups in total. The highest BCUT2D eigenvalue weighted by Crippen LogP contribution is 2.16. The minimum Gasteiger partial charge on any atom is -0.497 e. The maximum atomic E-state index is 13.7. The Hall–Kier alpha value is -3.47. The van der Waals surface area contributed by atoms with Gasteiger partial charge in [-0.3, -0.25) is 14.4 Å². The molecule has 10 nitrogen and oxygen atoms in total. The van der Waals surface area contributed by atoms with Gasteiger partial charge in [-0.25, -0.2) is 0 Å². The lowest BCUT2D eigenvalue weighted by molar-refractivity contribution is -0.151. The van der Waals surface area contributed by atoms with Crippen molar-refractivity contribution in [2.24, 2.45) is 11.5 Å². The molecule has 2 aromatic carbocycles. The summed E-state index contributed by atoms with van der Waals surface area (Å²) in [6.45, 7) is 1.07. The topological polar surface area (TPSA) is 137 Å². The molecule has 2 atom stereocenters. The van der Waals surface area contributed by atoms with Crippen LogP contribution in [0.15, 0.2) is 54.6 Å². The van der Waals surface area contributed by atoms with Crippen LogP contribution in [0.3, 0.4) is 0 Å². The molecular weight excluding hydrogens is 500 g/mol. The van der Waals surface area contributed by atoms with Crippen molar-refractivity contribution < 1.29 is 28.6 Å². The molecule has 0 aliphatic heterocycles. The molecule has 0 aliphatic rings. The number of hydrogen-bond donors (Lipinski definition) is 2. The second kappa shape index (κ2) is 17.2. The molecule has 0 heterocycles. The van der Waals surface area contributed by atoms with Crippen LogP contribution in [0, 0.1) is 0 Å². The maximum absolute atomic E-state index is 13.7. The number of ether oxygens (including phenoxy) is 3. The van der Waals surface area contributed by atoms with E-state index in [0.717, 1.165) is 30.4 Å². The zero-order chi connectivity index (χ0) is 28.6. The number of carbonyl (C=O) groups excluding carboxylic acids is 3. The Bertz CT molecular complexity index is 1020. The van der Waals surface area contributed by atoms with Gasteiger partial charge in [0, 0.05) is 27.1 Å². The zero-order valence-electron chi connectivity index (χ0n) is 23.2. The average Bonchev–Trinajstić information content (AvgIpc) is 2.95. The summed E-state index contributed by atoms with van der Waals surface area (Å²) in [4.78, 5) is 41.6. The smallest absolute Gasteiger partial charge is 0.249 e. The number of carbonyl (C=O) groups is 3. The van der Waals surface area contributed by atoms with E-state index >= 15 is 0 Å². The fraction of sp³-hybridized carbons (Fsp3) is 0.483. The van der Waals surface area contributed by atoms with Gasteiger partial charge >= 0.3 is 0 Å². The first-order valence-electron chi connectivity index (χ1n) is 13.1. The number of nitrogens with zero attached hydrogens (tertiary/aromatic N) is 2. The number of rotatable bonds is 18. The molecule has 2 rings (SSSR count). The number of primary amides is 1. The average molecular weight is 543 g/mol. The van der Waals surface area contributed by atoms with Gasteiger partial charge in [-0.1, -0.05) is 42.5 Å². The molecule has 2 aromatic rings. The predicted molar refractivity (Wildman–Crippen MR) is 149 cm³/mol. The standard InChI is InChI=1S/C29H42N4O6/c1-32(27(34)21-38-17-9-5-8-16-30)26(20-39-19-23-10-6-4-7-11-23)29(36)33(2)25(28(31)35)18-22-12-14-24(37-3)15-13-22/h4,6-7,10-15,25-26H,5,8-9,16-21,30H2,1-3H3,(H2,31,35)/t25-,26-/m1/s1. The highest BCUT2D eigenvalue weighted by atomic mass is 16.5. The number of nitrogens with two attached hydrogens (primary N) is 2. The molecule has 0 unspecified atom stereocenters. The van der Waals surface area contributed by atoms with Gasteiger partial charge in [-0.05, 0) is 49.1 Å². The summed E-state index contributed by atoms with van der Waals surface area (Å²) in [6.07, 6.45) is 2.83. The van der Waals surface area contributed by atoms with Crippen LogP contribution >= 0.6 is 0 Å². The third kappa shape index (κ3) is 10.7. The Balaban J connectivity index is 2.12. The molecule has 0 aliphatic carbocycles. The number of amides is 3. The van der Waals surface area contributed by atoms with Gasteiger partial charge in [0.15, 0.2) is 0 Å². The van der Waals surface area contributed by atoms with E-state index < -0.39 is 23.9 Å². The van der Waals surface area contributed by atoms with Gasteiger partial charge < -0.3 is 35.5 Å².